The van der Waals surface area contributed by atoms with Gasteiger partial charge in [0.15, 0.2) is 0 Å². The molecule has 0 aliphatic carbocycles. The topological polar surface area (TPSA) is 96.6 Å². The zero-order chi connectivity index (χ0) is 19.8. The molecular formula is C21H18N4O3. The van der Waals surface area contributed by atoms with Gasteiger partial charge in [0.05, 0.1) is 11.5 Å². The van der Waals surface area contributed by atoms with E-state index in [0.717, 1.165) is 16.5 Å². The van der Waals surface area contributed by atoms with Gasteiger partial charge in [-0.15, -0.1) is 0 Å². The zero-order valence-electron chi connectivity index (χ0n) is 14.9. The number of benzene rings is 3. The predicted molar refractivity (Wildman–Crippen MR) is 111 cm³/mol. The number of hydrazone groups is 1. The molecule has 3 aromatic rings. The van der Waals surface area contributed by atoms with Gasteiger partial charge in [0.2, 0.25) is 0 Å². The number of fused-ring (bicyclic) bond motifs is 1. The first kappa shape index (κ1) is 18.8. The number of rotatable bonds is 7. The quantitative estimate of drug-likeness (QED) is 0.371. The van der Waals surface area contributed by atoms with Crippen molar-refractivity contribution in [1.82, 2.24) is 5.43 Å². The molecule has 0 radical (unpaired) electrons. The number of carbonyl (C=O) groups excluding carboxylic acids is 1. The van der Waals surface area contributed by atoms with Gasteiger partial charge in [0.25, 0.3) is 11.6 Å². The Morgan fingerprint density at radius 1 is 1.04 bits per heavy atom. The Balaban J connectivity index is 1.47. The summed E-state index contributed by atoms with van der Waals surface area (Å²) in [6.07, 6.45) is 4.67. The second kappa shape index (κ2) is 9.09. The lowest BCUT2D eigenvalue weighted by molar-refractivity contribution is -0.384. The van der Waals surface area contributed by atoms with Crippen molar-refractivity contribution in [2.45, 2.75) is 0 Å². The molecule has 0 aliphatic rings. The third-order valence-electron chi connectivity index (χ3n) is 3.92. The summed E-state index contributed by atoms with van der Waals surface area (Å²) < 4.78 is 0. The van der Waals surface area contributed by atoms with E-state index in [9.17, 15) is 14.9 Å². The zero-order valence-corrected chi connectivity index (χ0v) is 14.9. The van der Waals surface area contributed by atoms with E-state index in [0.29, 0.717) is 5.56 Å². The summed E-state index contributed by atoms with van der Waals surface area (Å²) in [6, 6.07) is 20.1. The number of allylic oxidation sites excluding steroid dienone is 1. The van der Waals surface area contributed by atoms with Crippen molar-refractivity contribution >= 4 is 40.3 Å². The summed E-state index contributed by atoms with van der Waals surface area (Å²) in [5.41, 5.74) is 3.96. The van der Waals surface area contributed by atoms with Crippen molar-refractivity contribution < 1.29 is 9.72 Å². The molecule has 0 aromatic heterocycles. The Kier molecular flexibility index (Phi) is 6.10. The first-order chi connectivity index (χ1) is 13.6. The van der Waals surface area contributed by atoms with Gasteiger partial charge in [0, 0.05) is 24.0 Å². The highest BCUT2D eigenvalue weighted by molar-refractivity contribution is 5.87. The van der Waals surface area contributed by atoms with Crippen LogP contribution in [0, 0.1) is 10.1 Å². The van der Waals surface area contributed by atoms with Crippen LogP contribution in [-0.2, 0) is 4.79 Å². The highest BCUT2D eigenvalue weighted by atomic mass is 16.6. The van der Waals surface area contributed by atoms with Gasteiger partial charge in [-0.2, -0.15) is 5.10 Å². The van der Waals surface area contributed by atoms with E-state index in [2.05, 4.69) is 15.8 Å². The molecule has 0 bridgehead atoms. The molecule has 0 spiro atoms. The summed E-state index contributed by atoms with van der Waals surface area (Å²) in [6.45, 7) is 0.0876. The molecule has 0 aliphatic heterocycles. The standard InChI is InChI=1S/C21H18N4O3/c26-21(15-22-19-11-10-17-7-1-2-8-18(17)14-19)24-23-12-4-6-16-5-3-9-20(13-16)25(27)28/h1-14,22H,15H2,(H,24,26)/b6-4+,23-12?. The number of nitro groups is 1. The first-order valence-corrected chi connectivity index (χ1v) is 8.57. The van der Waals surface area contributed by atoms with E-state index in [-0.39, 0.29) is 18.1 Å². The smallest absolute Gasteiger partial charge is 0.270 e. The van der Waals surface area contributed by atoms with Crippen molar-refractivity contribution in [2.24, 2.45) is 5.10 Å². The summed E-state index contributed by atoms with van der Waals surface area (Å²) in [4.78, 5) is 22.1. The van der Waals surface area contributed by atoms with E-state index < -0.39 is 4.92 Å². The lowest BCUT2D eigenvalue weighted by atomic mass is 10.1. The molecule has 1 amide bonds. The van der Waals surface area contributed by atoms with Crippen LogP contribution in [0.3, 0.4) is 0 Å². The number of nitrogens with one attached hydrogen (secondary N) is 2. The minimum atomic E-state index is -0.450. The Hall–Kier alpha value is -4.00. The van der Waals surface area contributed by atoms with Gasteiger partial charge in [-0.1, -0.05) is 48.5 Å². The van der Waals surface area contributed by atoms with Gasteiger partial charge >= 0.3 is 0 Å². The molecule has 0 atom stereocenters. The number of carbonyl (C=O) groups is 1. The molecule has 28 heavy (non-hydrogen) atoms. The summed E-state index contributed by atoms with van der Waals surface area (Å²) in [5, 5.41) is 19.8. The average molecular weight is 374 g/mol. The maximum absolute atomic E-state index is 11.8. The largest absolute Gasteiger partial charge is 0.376 e. The van der Waals surface area contributed by atoms with Crippen molar-refractivity contribution in [3.05, 3.63) is 88.5 Å². The number of nitro benzene ring substituents is 1. The third-order valence-corrected chi connectivity index (χ3v) is 3.92. The van der Waals surface area contributed by atoms with Crippen LogP contribution in [0.25, 0.3) is 16.8 Å². The van der Waals surface area contributed by atoms with E-state index >= 15 is 0 Å². The van der Waals surface area contributed by atoms with Gasteiger partial charge < -0.3 is 5.32 Å². The molecule has 7 nitrogen and oxygen atoms in total. The lowest BCUT2D eigenvalue weighted by Crippen LogP contribution is -2.25. The number of nitrogens with zero attached hydrogens (tertiary/aromatic N) is 2. The number of amides is 1. The van der Waals surface area contributed by atoms with Crippen molar-refractivity contribution in [2.75, 3.05) is 11.9 Å². The molecular weight excluding hydrogens is 356 g/mol. The lowest BCUT2D eigenvalue weighted by Gasteiger charge is -2.06. The van der Waals surface area contributed by atoms with E-state index in [1.807, 2.05) is 42.5 Å². The Morgan fingerprint density at radius 3 is 2.68 bits per heavy atom. The van der Waals surface area contributed by atoms with E-state index in [4.69, 9.17) is 0 Å². The van der Waals surface area contributed by atoms with Gasteiger partial charge in [-0.05, 0) is 34.5 Å². The molecule has 7 heteroatoms. The molecule has 0 saturated carbocycles. The normalized spacial score (nSPS) is 11.1. The van der Waals surface area contributed by atoms with Crippen LogP contribution in [0.1, 0.15) is 5.56 Å². The first-order valence-electron chi connectivity index (χ1n) is 8.57. The molecule has 3 rings (SSSR count). The van der Waals surface area contributed by atoms with Gasteiger partial charge in [-0.3, -0.25) is 14.9 Å². The Bertz CT molecular complexity index is 1060. The number of anilines is 1. The molecule has 0 heterocycles. The van der Waals surface area contributed by atoms with E-state index in [1.165, 1.54) is 18.3 Å². The average Bonchev–Trinajstić information content (AvgIpc) is 2.72. The second-order valence-electron chi connectivity index (χ2n) is 5.94. The fourth-order valence-electron chi connectivity index (χ4n) is 2.57. The highest BCUT2D eigenvalue weighted by Crippen LogP contribution is 2.18. The number of hydrogen-bond acceptors (Lipinski definition) is 5. The fourth-order valence-corrected chi connectivity index (χ4v) is 2.57. The SMILES string of the molecule is O=C(CNc1ccc2ccccc2c1)NN=C/C=C/c1cccc([N+](=O)[O-])c1. The fraction of sp³-hybridized carbons (Fsp3) is 0.0476. The molecule has 0 saturated heterocycles. The van der Waals surface area contributed by atoms with Crippen LogP contribution in [0.2, 0.25) is 0 Å². The predicted octanol–water partition coefficient (Wildman–Crippen LogP) is 3.98. The Morgan fingerprint density at radius 2 is 1.86 bits per heavy atom. The van der Waals surface area contributed by atoms with Crippen molar-refractivity contribution in [3.8, 4) is 0 Å². The van der Waals surface area contributed by atoms with Crippen molar-refractivity contribution in [1.29, 1.82) is 0 Å². The van der Waals surface area contributed by atoms with E-state index in [1.54, 1.807) is 24.3 Å². The van der Waals surface area contributed by atoms with Crippen LogP contribution >= 0.6 is 0 Å². The van der Waals surface area contributed by atoms with Gasteiger partial charge in [-0.25, -0.2) is 5.43 Å². The Labute approximate surface area is 161 Å². The molecule has 2 N–H and O–H groups in total. The summed E-state index contributed by atoms with van der Waals surface area (Å²) in [7, 11) is 0. The summed E-state index contributed by atoms with van der Waals surface area (Å²) >= 11 is 0. The number of hydrogen-bond donors (Lipinski definition) is 2. The van der Waals surface area contributed by atoms with Crippen LogP contribution in [0.5, 0.6) is 0 Å². The van der Waals surface area contributed by atoms with Crippen LogP contribution in [-0.4, -0.2) is 23.6 Å². The maximum Gasteiger partial charge on any atom is 0.270 e. The monoisotopic (exact) mass is 374 g/mol. The molecule has 0 fully saturated rings. The van der Waals surface area contributed by atoms with Crippen LogP contribution in [0.4, 0.5) is 11.4 Å². The minimum absolute atomic E-state index is 0.0205. The minimum Gasteiger partial charge on any atom is -0.376 e. The molecule has 140 valence electrons. The van der Waals surface area contributed by atoms with Crippen LogP contribution in [0.15, 0.2) is 77.9 Å². The van der Waals surface area contributed by atoms with Gasteiger partial charge in [0.1, 0.15) is 0 Å². The maximum atomic E-state index is 11.8. The molecule has 3 aromatic carbocycles. The third kappa shape index (κ3) is 5.25. The number of non-ortho nitro benzene ring substituents is 1. The second-order valence-corrected chi connectivity index (χ2v) is 5.94. The van der Waals surface area contributed by atoms with Crippen LogP contribution < -0.4 is 10.7 Å². The molecule has 0 unspecified atom stereocenters. The van der Waals surface area contributed by atoms with Crippen molar-refractivity contribution in [3.63, 3.8) is 0 Å². The highest BCUT2D eigenvalue weighted by Gasteiger charge is 2.03. The summed E-state index contributed by atoms with van der Waals surface area (Å²) in [5.74, 6) is -0.284.